The van der Waals surface area contributed by atoms with Crippen molar-refractivity contribution in [3.05, 3.63) is 47.7 Å². The van der Waals surface area contributed by atoms with Gasteiger partial charge >= 0.3 is 0 Å². The van der Waals surface area contributed by atoms with Crippen molar-refractivity contribution in [2.75, 3.05) is 6.61 Å². The molecule has 0 bridgehead atoms. The molecular formula is C22H33NO2. The molecule has 138 valence electrons. The van der Waals surface area contributed by atoms with E-state index in [1.807, 2.05) is 18.2 Å². The number of ether oxygens (including phenoxy) is 1. The Labute approximate surface area is 152 Å². The fourth-order valence-corrected chi connectivity index (χ4v) is 3.78. The zero-order chi connectivity index (χ0) is 17.9. The zero-order valence-corrected chi connectivity index (χ0v) is 15.5. The number of aldehydes is 1. The third-order valence-corrected chi connectivity index (χ3v) is 5.40. The summed E-state index contributed by atoms with van der Waals surface area (Å²) in [6, 6.07) is 10.3. The molecular weight excluding hydrogens is 310 g/mol. The van der Waals surface area contributed by atoms with Gasteiger partial charge in [0.25, 0.3) is 0 Å². The number of carbonyl (C=O) groups excluding carboxylic acids is 1. The third kappa shape index (κ3) is 6.66. The molecule has 1 aliphatic carbocycles. The van der Waals surface area contributed by atoms with Crippen molar-refractivity contribution >= 4 is 6.29 Å². The Morgan fingerprint density at radius 2 is 1.96 bits per heavy atom. The smallest absolute Gasteiger partial charge is 0.146 e. The van der Waals surface area contributed by atoms with Gasteiger partial charge in [0.15, 0.2) is 0 Å². The maximum atomic E-state index is 11.2. The monoisotopic (exact) mass is 343 g/mol. The number of carbonyl (C=O) groups is 1. The van der Waals surface area contributed by atoms with Gasteiger partial charge in [-0.25, -0.2) is 0 Å². The number of hydrogen-bond donors (Lipinski definition) is 1. The normalized spacial score (nSPS) is 18.6. The highest BCUT2D eigenvalue weighted by Crippen LogP contribution is 2.28. The molecule has 25 heavy (non-hydrogen) atoms. The molecule has 1 aromatic rings. The van der Waals surface area contributed by atoms with Crippen LogP contribution in [-0.2, 0) is 16.0 Å². The van der Waals surface area contributed by atoms with Gasteiger partial charge in [0.05, 0.1) is 6.61 Å². The summed E-state index contributed by atoms with van der Waals surface area (Å²) < 4.78 is 6.09. The quantitative estimate of drug-likeness (QED) is 0.382. The van der Waals surface area contributed by atoms with E-state index in [-0.39, 0.29) is 12.0 Å². The van der Waals surface area contributed by atoms with Crippen LogP contribution >= 0.6 is 0 Å². The molecule has 1 unspecified atom stereocenters. The van der Waals surface area contributed by atoms with Gasteiger partial charge in [-0.1, -0.05) is 69.4 Å². The van der Waals surface area contributed by atoms with E-state index >= 15 is 0 Å². The molecule has 0 amide bonds. The minimum absolute atomic E-state index is 0.0129. The molecule has 1 saturated carbocycles. The summed E-state index contributed by atoms with van der Waals surface area (Å²) in [5.41, 5.74) is 7.60. The second-order valence-corrected chi connectivity index (χ2v) is 7.21. The van der Waals surface area contributed by atoms with Gasteiger partial charge < -0.3 is 10.5 Å². The molecule has 0 heterocycles. The number of allylic oxidation sites excluding steroid dienone is 1. The summed E-state index contributed by atoms with van der Waals surface area (Å²) in [6.07, 6.45) is 11.8. The molecule has 2 rings (SSSR count). The first kappa shape index (κ1) is 19.7. The average molecular weight is 344 g/mol. The van der Waals surface area contributed by atoms with E-state index in [9.17, 15) is 4.79 Å². The van der Waals surface area contributed by atoms with Crippen molar-refractivity contribution in [2.45, 2.75) is 64.3 Å². The molecule has 3 nitrogen and oxygen atoms in total. The van der Waals surface area contributed by atoms with Crippen LogP contribution in [0.2, 0.25) is 0 Å². The highest BCUT2D eigenvalue weighted by Gasteiger charge is 2.23. The van der Waals surface area contributed by atoms with Crippen molar-refractivity contribution in [1.82, 2.24) is 0 Å². The predicted octanol–water partition coefficient (Wildman–Crippen LogP) is 4.65. The van der Waals surface area contributed by atoms with Crippen LogP contribution in [0.15, 0.2) is 42.2 Å². The Morgan fingerprint density at radius 3 is 2.60 bits per heavy atom. The van der Waals surface area contributed by atoms with Crippen LogP contribution in [0, 0.1) is 11.8 Å². The van der Waals surface area contributed by atoms with Crippen molar-refractivity contribution in [3.8, 4) is 0 Å². The third-order valence-electron chi connectivity index (χ3n) is 5.40. The minimum atomic E-state index is -0.0129. The standard InChI is InChI=1S/C22H33NO2/c1-2-21(23)20(17-19-11-7-4-8-12-19)22(13-15-24)25-16-14-18-9-5-3-6-10-18/h4,7-8,11-13,15,18,20-21H,2-3,5-6,9-10,14,16-17,23H2,1H3/b22-13+/t20-,21?/m1/s1. The topological polar surface area (TPSA) is 52.3 Å². The first-order valence-electron chi connectivity index (χ1n) is 9.82. The van der Waals surface area contributed by atoms with E-state index in [1.54, 1.807) is 6.08 Å². The summed E-state index contributed by atoms with van der Waals surface area (Å²) in [5.74, 6) is 1.58. The lowest BCUT2D eigenvalue weighted by molar-refractivity contribution is -0.104. The van der Waals surface area contributed by atoms with E-state index in [0.29, 0.717) is 6.61 Å². The van der Waals surface area contributed by atoms with E-state index in [1.165, 1.54) is 37.7 Å². The molecule has 0 aromatic heterocycles. The Balaban J connectivity index is 1.99. The zero-order valence-electron chi connectivity index (χ0n) is 15.5. The first-order chi connectivity index (χ1) is 12.2. The predicted molar refractivity (Wildman–Crippen MR) is 103 cm³/mol. The van der Waals surface area contributed by atoms with Crippen LogP contribution in [0.1, 0.15) is 57.4 Å². The summed E-state index contributed by atoms with van der Waals surface area (Å²) in [7, 11) is 0. The van der Waals surface area contributed by atoms with Gasteiger partial charge in [-0.3, -0.25) is 4.79 Å². The van der Waals surface area contributed by atoms with E-state index in [2.05, 4.69) is 19.1 Å². The van der Waals surface area contributed by atoms with E-state index in [4.69, 9.17) is 10.5 Å². The summed E-state index contributed by atoms with van der Waals surface area (Å²) in [6.45, 7) is 2.77. The summed E-state index contributed by atoms with van der Waals surface area (Å²) >= 11 is 0. The minimum Gasteiger partial charge on any atom is -0.497 e. The molecule has 2 N–H and O–H groups in total. The van der Waals surface area contributed by atoms with E-state index in [0.717, 1.165) is 37.2 Å². The maximum Gasteiger partial charge on any atom is 0.146 e. The van der Waals surface area contributed by atoms with Gasteiger partial charge in [-0.15, -0.1) is 0 Å². The molecule has 3 heteroatoms. The van der Waals surface area contributed by atoms with Crippen LogP contribution in [-0.4, -0.2) is 18.9 Å². The maximum absolute atomic E-state index is 11.2. The second kappa shape index (κ2) is 11.1. The molecule has 0 saturated heterocycles. The van der Waals surface area contributed by atoms with Gasteiger partial charge in [0.2, 0.25) is 0 Å². The van der Waals surface area contributed by atoms with Crippen LogP contribution < -0.4 is 5.73 Å². The van der Waals surface area contributed by atoms with E-state index < -0.39 is 0 Å². The highest BCUT2D eigenvalue weighted by atomic mass is 16.5. The molecule has 1 fully saturated rings. The summed E-state index contributed by atoms with van der Waals surface area (Å²) in [5, 5.41) is 0. The van der Waals surface area contributed by atoms with Gasteiger partial charge in [-0.05, 0) is 30.7 Å². The Bertz CT molecular complexity index is 520. The molecule has 1 aliphatic rings. The van der Waals surface area contributed by atoms with Crippen LogP contribution in [0.25, 0.3) is 0 Å². The lowest BCUT2D eigenvalue weighted by Crippen LogP contribution is -2.33. The highest BCUT2D eigenvalue weighted by molar-refractivity contribution is 5.65. The lowest BCUT2D eigenvalue weighted by Gasteiger charge is -2.27. The van der Waals surface area contributed by atoms with Crippen molar-refractivity contribution < 1.29 is 9.53 Å². The fourth-order valence-electron chi connectivity index (χ4n) is 3.78. The molecule has 1 aromatic carbocycles. The number of benzene rings is 1. The lowest BCUT2D eigenvalue weighted by atomic mass is 9.87. The number of nitrogens with two attached hydrogens (primary N) is 1. The van der Waals surface area contributed by atoms with Crippen LogP contribution in [0.4, 0.5) is 0 Å². The largest absolute Gasteiger partial charge is 0.497 e. The van der Waals surface area contributed by atoms with Crippen molar-refractivity contribution in [2.24, 2.45) is 17.6 Å². The van der Waals surface area contributed by atoms with Gasteiger partial charge in [-0.2, -0.15) is 0 Å². The summed E-state index contributed by atoms with van der Waals surface area (Å²) in [4.78, 5) is 11.2. The van der Waals surface area contributed by atoms with Gasteiger partial charge in [0.1, 0.15) is 12.0 Å². The fraction of sp³-hybridized carbons (Fsp3) is 0.591. The Hall–Kier alpha value is -1.61. The van der Waals surface area contributed by atoms with Gasteiger partial charge in [0, 0.05) is 18.0 Å². The molecule has 0 spiro atoms. The van der Waals surface area contributed by atoms with Crippen molar-refractivity contribution in [3.63, 3.8) is 0 Å². The second-order valence-electron chi connectivity index (χ2n) is 7.21. The van der Waals surface area contributed by atoms with Crippen molar-refractivity contribution in [1.29, 1.82) is 0 Å². The Morgan fingerprint density at radius 1 is 1.24 bits per heavy atom. The number of rotatable bonds is 10. The SMILES string of the molecule is CCC(N)[C@@H](Cc1ccccc1)/C(=C\C=O)OCCC1CCCCC1. The molecule has 0 aliphatic heterocycles. The molecule has 2 atom stereocenters. The van der Waals surface area contributed by atoms with Crippen LogP contribution in [0.3, 0.4) is 0 Å². The average Bonchev–Trinajstić information content (AvgIpc) is 2.66. The first-order valence-corrected chi connectivity index (χ1v) is 9.82. The van der Waals surface area contributed by atoms with Crippen LogP contribution in [0.5, 0.6) is 0 Å². The molecule has 0 radical (unpaired) electrons. The Kier molecular flexibility index (Phi) is 8.75. The number of hydrogen-bond acceptors (Lipinski definition) is 3.